The van der Waals surface area contributed by atoms with Crippen LogP contribution in [0.3, 0.4) is 0 Å². The van der Waals surface area contributed by atoms with Crippen LogP contribution in [0.2, 0.25) is 0 Å². The van der Waals surface area contributed by atoms with Crippen molar-refractivity contribution in [2.75, 3.05) is 18.0 Å². The van der Waals surface area contributed by atoms with Gasteiger partial charge in [0.05, 0.1) is 11.6 Å². The molecule has 1 fully saturated rings. The molecule has 2 rings (SSSR count). The first-order valence-corrected chi connectivity index (χ1v) is 7.30. The van der Waals surface area contributed by atoms with E-state index in [9.17, 15) is 13.2 Å². The first kappa shape index (κ1) is 16.1. The third-order valence-electron chi connectivity index (χ3n) is 4.10. The van der Waals surface area contributed by atoms with E-state index in [2.05, 4.69) is 5.10 Å². The highest BCUT2D eigenvalue weighted by atomic mass is 19.4. The summed E-state index contributed by atoms with van der Waals surface area (Å²) in [5.41, 5.74) is 7.83. The molecule has 2 heterocycles. The number of rotatable bonds is 3. The highest BCUT2D eigenvalue weighted by Gasteiger charge is 2.41. The number of hydrogen-bond donors (Lipinski definition) is 1. The standard InChI is InChI=1S/C14H23F3N4/c1-9(18)8-12-10(2)19-20(3)13(12)21-6-4-11(5-7-21)14(15,16)17/h9,11H,4-8,18H2,1-3H3. The van der Waals surface area contributed by atoms with Crippen molar-refractivity contribution in [2.24, 2.45) is 18.7 Å². The number of hydrogen-bond acceptors (Lipinski definition) is 3. The van der Waals surface area contributed by atoms with Crippen LogP contribution in [-0.2, 0) is 13.5 Å². The Labute approximate surface area is 123 Å². The summed E-state index contributed by atoms with van der Waals surface area (Å²) < 4.78 is 40.0. The zero-order chi connectivity index (χ0) is 15.8. The summed E-state index contributed by atoms with van der Waals surface area (Å²) in [5.74, 6) is -0.259. The molecule has 0 radical (unpaired) electrons. The van der Waals surface area contributed by atoms with E-state index in [-0.39, 0.29) is 18.9 Å². The Morgan fingerprint density at radius 2 is 1.90 bits per heavy atom. The van der Waals surface area contributed by atoms with E-state index in [0.29, 0.717) is 19.5 Å². The summed E-state index contributed by atoms with van der Waals surface area (Å²) in [6.07, 6.45) is -3.10. The van der Waals surface area contributed by atoms with Crippen LogP contribution < -0.4 is 10.6 Å². The Hall–Kier alpha value is -1.24. The van der Waals surface area contributed by atoms with E-state index in [0.717, 1.165) is 17.1 Å². The fourth-order valence-electron chi connectivity index (χ4n) is 3.06. The van der Waals surface area contributed by atoms with Crippen LogP contribution in [0.5, 0.6) is 0 Å². The van der Waals surface area contributed by atoms with Crippen molar-refractivity contribution in [3.63, 3.8) is 0 Å². The summed E-state index contributed by atoms with van der Waals surface area (Å²) in [6.45, 7) is 4.67. The normalized spacial score (nSPS) is 19.1. The van der Waals surface area contributed by atoms with Gasteiger partial charge in [0.2, 0.25) is 0 Å². The van der Waals surface area contributed by atoms with E-state index in [4.69, 9.17) is 5.73 Å². The number of piperidine rings is 1. The Kier molecular flexibility index (Phi) is 4.51. The number of alkyl halides is 3. The van der Waals surface area contributed by atoms with Crippen molar-refractivity contribution in [1.82, 2.24) is 9.78 Å². The molecule has 4 nitrogen and oxygen atoms in total. The van der Waals surface area contributed by atoms with Gasteiger partial charge in [-0.05, 0) is 33.1 Å². The lowest BCUT2D eigenvalue weighted by molar-refractivity contribution is -0.179. The number of aromatic nitrogens is 2. The minimum Gasteiger partial charge on any atom is -0.357 e. The van der Waals surface area contributed by atoms with E-state index in [1.165, 1.54) is 0 Å². The van der Waals surface area contributed by atoms with Gasteiger partial charge >= 0.3 is 6.18 Å². The van der Waals surface area contributed by atoms with Crippen LogP contribution in [0.1, 0.15) is 31.0 Å². The Morgan fingerprint density at radius 3 is 2.38 bits per heavy atom. The van der Waals surface area contributed by atoms with Crippen LogP contribution in [0, 0.1) is 12.8 Å². The summed E-state index contributed by atoms with van der Waals surface area (Å²) in [6, 6.07) is -0.000589. The molecule has 2 N–H and O–H groups in total. The molecule has 1 atom stereocenters. The summed E-state index contributed by atoms with van der Waals surface area (Å²) in [5, 5.41) is 4.40. The predicted molar refractivity (Wildman–Crippen MR) is 76.3 cm³/mol. The van der Waals surface area contributed by atoms with Gasteiger partial charge in [0.15, 0.2) is 0 Å². The lowest BCUT2D eigenvalue weighted by atomic mass is 9.95. The van der Waals surface area contributed by atoms with Gasteiger partial charge in [0.1, 0.15) is 5.82 Å². The SMILES string of the molecule is Cc1nn(C)c(N2CCC(C(F)(F)F)CC2)c1CC(C)N. The van der Waals surface area contributed by atoms with Gasteiger partial charge in [0.25, 0.3) is 0 Å². The van der Waals surface area contributed by atoms with Crippen LogP contribution in [0.4, 0.5) is 19.0 Å². The molecule has 1 aliphatic rings. The number of anilines is 1. The molecular formula is C14H23F3N4. The van der Waals surface area contributed by atoms with E-state index in [1.54, 1.807) is 4.68 Å². The van der Waals surface area contributed by atoms with Crippen molar-refractivity contribution in [3.8, 4) is 0 Å². The minimum absolute atomic E-state index is 0.000589. The first-order chi connectivity index (χ1) is 9.70. The largest absolute Gasteiger partial charge is 0.391 e. The van der Waals surface area contributed by atoms with Crippen molar-refractivity contribution in [3.05, 3.63) is 11.3 Å². The molecule has 1 aromatic heterocycles. The van der Waals surface area contributed by atoms with Crippen molar-refractivity contribution in [1.29, 1.82) is 0 Å². The molecule has 1 aromatic rings. The average molecular weight is 304 g/mol. The second kappa shape index (κ2) is 5.87. The number of aryl methyl sites for hydroxylation is 2. The number of nitrogens with zero attached hydrogens (tertiary/aromatic N) is 3. The molecule has 0 aromatic carbocycles. The van der Waals surface area contributed by atoms with E-state index >= 15 is 0 Å². The Morgan fingerprint density at radius 1 is 1.33 bits per heavy atom. The fourth-order valence-corrected chi connectivity index (χ4v) is 3.06. The molecule has 1 unspecified atom stereocenters. The molecule has 21 heavy (non-hydrogen) atoms. The van der Waals surface area contributed by atoms with Crippen LogP contribution >= 0.6 is 0 Å². The van der Waals surface area contributed by atoms with Gasteiger partial charge < -0.3 is 10.6 Å². The quantitative estimate of drug-likeness (QED) is 0.933. The molecule has 1 saturated heterocycles. The third-order valence-corrected chi connectivity index (χ3v) is 4.10. The van der Waals surface area contributed by atoms with Gasteiger partial charge in [-0.1, -0.05) is 0 Å². The molecule has 0 amide bonds. The van der Waals surface area contributed by atoms with Gasteiger partial charge in [-0.15, -0.1) is 0 Å². The van der Waals surface area contributed by atoms with Crippen molar-refractivity contribution >= 4 is 5.82 Å². The van der Waals surface area contributed by atoms with Crippen molar-refractivity contribution in [2.45, 2.75) is 45.3 Å². The maximum atomic E-state index is 12.8. The topological polar surface area (TPSA) is 47.1 Å². The van der Waals surface area contributed by atoms with Crippen molar-refractivity contribution < 1.29 is 13.2 Å². The summed E-state index contributed by atoms with van der Waals surface area (Å²) in [4.78, 5) is 2.01. The number of halogens is 3. The zero-order valence-electron chi connectivity index (χ0n) is 12.7. The molecule has 1 aliphatic heterocycles. The second-order valence-corrected chi connectivity index (χ2v) is 6.00. The fraction of sp³-hybridized carbons (Fsp3) is 0.786. The predicted octanol–water partition coefficient (Wildman–Crippen LogP) is 2.40. The van der Waals surface area contributed by atoms with E-state index in [1.807, 2.05) is 25.8 Å². The average Bonchev–Trinajstić information content (AvgIpc) is 2.63. The number of nitrogens with two attached hydrogens (primary N) is 1. The van der Waals surface area contributed by atoms with E-state index < -0.39 is 12.1 Å². The van der Waals surface area contributed by atoms with Gasteiger partial charge in [-0.2, -0.15) is 18.3 Å². The third kappa shape index (κ3) is 3.51. The van der Waals surface area contributed by atoms with Crippen LogP contribution in [-0.4, -0.2) is 35.1 Å². The van der Waals surface area contributed by atoms with Crippen LogP contribution in [0.25, 0.3) is 0 Å². The zero-order valence-corrected chi connectivity index (χ0v) is 12.7. The summed E-state index contributed by atoms with van der Waals surface area (Å²) >= 11 is 0. The molecule has 0 saturated carbocycles. The summed E-state index contributed by atoms with van der Waals surface area (Å²) in [7, 11) is 1.84. The first-order valence-electron chi connectivity index (χ1n) is 7.30. The lowest BCUT2D eigenvalue weighted by Gasteiger charge is -2.34. The van der Waals surface area contributed by atoms with Gasteiger partial charge in [-0.25, -0.2) is 0 Å². The Bertz CT molecular complexity index is 485. The monoisotopic (exact) mass is 304 g/mol. The maximum Gasteiger partial charge on any atom is 0.391 e. The molecule has 0 aliphatic carbocycles. The Balaban J connectivity index is 2.17. The molecular weight excluding hydrogens is 281 g/mol. The smallest absolute Gasteiger partial charge is 0.357 e. The lowest BCUT2D eigenvalue weighted by Crippen LogP contribution is -2.40. The van der Waals surface area contributed by atoms with Gasteiger partial charge in [-0.3, -0.25) is 4.68 Å². The maximum absolute atomic E-state index is 12.8. The second-order valence-electron chi connectivity index (χ2n) is 6.00. The highest BCUT2D eigenvalue weighted by Crippen LogP contribution is 2.36. The minimum atomic E-state index is -4.08. The molecule has 7 heteroatoms. The molecule has 0 spiro atoms. The molecule has 120 valence electrons. The van der Waals surface area contributed by atoms with Gasteiger partial charge in [0, 0.05) is 31.7 Å². The molecule has 0 bridgehead atoms. The van der Waals surface area contributed by atoms with Crippen LogP contribution in [0.15, 0.2) is 0 Å². The highest BCUT2D eigenvalue weighted by molar-refractivity contribution is 5.51.